The summed E-state index contributed by atoms with van der Waals surface area (Å²) in [6.07, 6.45) is 0. The minimum atomic E-state index is -0.529. The van der Waals surface area contributed by atoms with Crippen molar-refractivity contribution in [3.05, 3.63) is 88.1 Å². The summed E-state index contributed by atoms with van der Waals surface area (Å²) in [5, 5.41) is 0.917. The Kier molecular flexibility index (Phi) is 5.46. The second-order valence-corrected chi connectivity index (χ2v) is 8.15. The van der Waals surface area contributed by atoms with E-state index in [0.717, 1.165) is 11.3 Å². The molecule has 0 aliphatic heterocycles. The lowest BCUT2D eigenvalue weighted by atomic mass is 10.2. The van der Waals surface area contributed by atoms with Crippen LogP contribution in [0, 0.1) is 6.92 Å². The number of aryl methyl sites for hydroxylation is 1. The number of aromatic nitrogens is 2. The van der Waals surface area contributed by atoms with Crippen LogP contribution in [0.1, 0.15) is 34.1 Å². The lowest BCUT2D eigenvalue weighted by Crippen LogP contribution is -2.22. The average molecular weight is 420 g/mol. The Morgan fingerprint density at radius 2 is 1.83 bits per heavy atom. The van der Waals surface area contributed by atoms with Gasteiger partial charge < -0.3 is 9.15 Å². The van der Waals surface area contributed by atoms with Crippen LogP contribution in [-0.4, -0.2) is 22.6 Å². The zero-order valence-corrected chi connectivity index (χ0v) is 17.6. The molecule has 1 atom stereocenters. The predicted molar refractivity (Wildman–Crippen MR) is 116 cm³/mol. The minimum absolute atomic E-state index is 0.131. The van der Waals surface area contributed by atoms with E-state index in [9.17, 15) is 9.59 Å². The van der Waals surface area contributed by atoms with E-state index >= 15 is 0 Å². The van der Waals surface area contributed by atoms with Crippen molar-refractivity contribution in [1.29, 1.82) is 0 Å². The van der Waals surface area contributed by atoms with Crippen molar-refractivity contribution < 1.29 is 13.9 Å². The Balaban J connectivity index is 1.80. The molecule has 0 amide bonds. The third-order valence-electron chi connectivity index (χ3n) is 4.73. The number of furan rings is 1. The number of rotatable bonds is 5. The maximum absolute atomic E-state index is 13.3. The van der Waals surface area contributed by atoms with Crippen LogP contribution in [0.4, 0.5) is 0 Å². The maximum Gasteiger partial charge on any atom is 0.373 e. The number of esters is 1. The summed E-state index contributed by atoms with van der Waals surface area (Å²) in [5.74, 6) is 0.208. The number of hydrogen-bond acceptors (Lipinski definition) is 6. The van der Waals surface area contributed by atoms with E-state index in [-0.39, 0.29) is 16.6 Å². The molecule has 0 spiro atoms. The normalized spacial score (nSPS) is 12.1. The van der Waals surface area contributed by atoms with Crippen LogP contribution in [0.3, 0.4) is 0 Å². The second-order valence-electron chi connectivity index (χ2n) is 6.84. The van der Waals surface area contributed by atoms with E-state index in [1.807, 2.05) is 56.3 Å². The number of nitrogens with zero attached hydrogens (tertiary/aromatic N) is 2. The molecular formula is C23H20N2O4S. The largest absolute Gasteiger partial charge is 0.463 e. The number of thioether (sulfide) groups is 1. The Morgan fingerprint density at radius 3 is 2.57 bits per heavy atom. The van der Waals surface area contributed by atoms with Crippen molar-refractivity contribution in [3.8, 4) is 5.69 Å². The van der Waals surface area contributed by atoms with Crippen molar-refractivity contribution in [1.82, 2.24) is 9.55 Å². The number of para-hydroxylation sites is 1. The van der Waals surface area contributed by atoms with Gasteiger partial charge in [0.15, 0.2) is 5.16 Å². The SMILES string of the molecule is COC(=O)c1ccc(C(C)Sc2nc3ccccc3c(=O)n2-c2ccc(C)cc2)o1. The fourth-order valence-corrected chi connectivity index (χ4v) is 4.11. The summed E-state index contributed by atoms with van der Waals surface area (Å²) >= 11 is 1.39. The van der Waals surface area contributed by atoms with E-state index in [4.69, 9.17) is 14.1 Å². The van der Waals surface area contributed by atoms with Gasteiger partial charge in [-0.05, 0) is 50.2 Å². The highest BCUT2D eigenvalue weighted by Gasteiger charge is 2.20. The lowest BCUT2D eigenvalue weighted by Gasteiger charge is -2.15. The zero-order valence-electron chi connectivity index (χ0n) is 16.8. The molecule has 0 N–H and O–H groups in total. The van der Waals surface area contributed by atoms with Crippen molar-refractivity contribution in [3.63, 3.8) is 0 Å². The standard InChI is InChI=1S/C23H20N2O4S/c1-14-8-10-16(11-9-14)25-21(26)17-6-4-5-7-18(17)24-23(25)30-15(2)19-12-13-20(29-19)22(27)28-3/h4-13,15H,1-3H3. The summed E-state index contributed by atoms with van der Waals surface area (Å²) in [7, 11) is 1.31. The third kappa shape index (κ3) is 3.76. The molecule has 2 aromatic carbocycles. The first-order valence-corrected chi connectivity index (χ1v) is 10.3. The smallest absolute Gasteiger partial charge is 0.373 e. The predicted octanol–water partition coefficient (Wildman–Crippen LogP) is 4.93. The van der Waals surface area contributed by atoms with Crippen LogP contribution in [0.15, 0.2) is 75.0 Å². The number of ether oxygens (including phenoxy) is 1. The average Bonchev–Trinajstić information content (AvgIpc) is 3.25. The molecule has 2 heterocycles. The molecule has 2 aromatic heterocycles. The molecule has 0 aliphatic rings. The van der Waals surface area contributed by atoms with E-state index in [1.165, 1.54) is 18.9 Å². The molecular weight excluding hydrogens is 400 g/mol. The molecule has 0 radical (unpaired) electrons. The molecule has 0 bridgehead atoms. The Labute approximate surface area is 177 Å². The van der Waals surface area contributed by atoms with Crippen molar-refractivity contribution in [2.45, 2.75) is 24.3 Å². The molecule has 1 unspecified atom stereocenters. The van der Waals surface area contributed by atoms with Crippen LogP contribution in [0.2, 0.25) is 0 Å². The Hall–Kier alpha value is -3.32. The molecule has 152 valence electrons. The number of fused-ring (bicyclic) bond motifs is 1. The molecule has 0 aliphatic carbocycles. The summed E-state index contributed by atoms with van der Waals surface area (Å²) in [6, 6.07) is 18.4. The summed E-state index contributed by atoms with van der Waals surface area (Å²) < 4.78 is 12.0. The first kappa shape index (κ1) is 20.0. The topological polar surface area (TPSA) is 74.3 Å². The van der Waals surface area contributed by atoms with E-state index in [0.29, 0.717) is 21.8 Å². The van der Waals surface area contributed by atoms with Gasteiger partial charge in [0.25, 0.3) is 5.56 Å². The zero-order chi connectivity index (χ0) is 21.3. The van der Waals surface area contributed by atoms with Crippen molar-refractivity contribution in [2.24, 2.45) is 0 Å². The van der Waals surface area contributed by atoms with Gasteiger partial charge in [-0.25, -0.2) is 9.78 Å². The fraction of sp³-hybridized carbons (Fsp3) is 0.174. The van der Waals surface area contributed by atoms with Crippen molar-refractivity contribution >= 4 is 28.6 Å². The maximum atomic E-state index is 13.3. The number of methoxy groups -OCH3 is 1. The van der Waals surface area contributed by atoms with Crippen LogP contribution in [-0.2, 0) is 4.74 Å². The third-order valence-corrected chi connectivity index (χ3v) is 5.80. The highest BCUT2D eigenvalue weighted by molar-refractivity contribution is 7.99. The molecule has 0 saturated carbocycles. The quantitative estimate of drug-likeness (QED) is 0.259. The molecule has 6 nitrogen and oxygen atoms in total. The Bertz CT molecular complexity index is 1270. The molecule has 0 fully saturated rings. The molecule has 4 rings (SSSR count). The second kappa shape index (κ2) is 8.20. The number of benzene rings is 2. The fourth-order valence-electron chi connectivity index (χ4n) is 3.11. The molecule has 7 heteroatoms. The monoisotopic (exact) mass is 420 g/mol. The van der Waals surface area contributed by atoms with Crippen molar-refractivity contribution in [2.75, 3.05) is 7.11 Å². The van der Waals surface area contributed by atoms with Gasteiger partial charge in [0, 0.05) is 0 Å². The van der Waals surface area contributed by atoms with Crippen LogP contribution in [0.25, 0.3) is 16.6 Å². The molecule has 0 saturated heterocycles. The first-order chi connectivity index (χ1) is 14.5. The van der Waals surface area contributed by atoms with E-state index in [1.54, 1.807) is 22.8 Å². The highest BCUT2D eigenvalue weighted by Crippen LogP contribution is 2.35. The van der Waals surface area contributed by atoms with Gasteiger partial charge in [-0.1, -0.05) is 41.6 Å². The van der Waals surface area contributed by atoms with Crippen LogP contribution in [0.5, 0.6) is 0 Å². The van der Waals surface area contributed by atoms with Gasteiger partial charge in [-0.2, -0.15) is 0 Å². The molecule has 30 heavy (non-hydrogen) atoms. The molecule has 4 aromatic rings. The van der Waals surface area contributed by atoms with Gasteiger partial charge in [0.05, 0.1) is 29.0 Å². The first-order valence-electron chi connectivity index (χ1n) is 9.41. The summed E-state index contributed by atoms with van der Waals surface area (Å²) in [4.78, 5) is 29.7. The Morgan fingerprint density at radius 1 is 1.10 bits per heavy atom. The van der Waals surface area contributed by atoms with E-state index in [2.05, 4.69) is 0 Å². The van der Waals surface area contributed by atoms with Gasteiger partial charge in [0.1, 0.15) is 5.76 Å². The van der Waals surface area contributed by atoms with Crippen LogP contribution >= 0.6 is 11.8 Å². The van der Waals surface area contributed by atoms with Gasteiger partial charge in [-0.3, -0.25) is 9.36 Å². The lowest BCUT2D eigenvalue weighted by molar-refractivity contribution is 0.0563. The number of carbonyl (C=O) groups excluding carboxylic acids is 1. The van der Waals surface area contributed by atoms with Gasteiger partial charge in [-0.15, -0.1) is 0 Å². The van der Waals surface area contributed by atoms with Crippen LogP contribution < -0.4 is 5.56 Å². The minimum Gasteiger partial charge on any atom is -0.463 e. The van der Waals surface area contributed by atoms with Gasteiger partial charge in [0.2, 0.25) is 5.76 Å². The van der Waals surface area contributed by atoms with Gasteiger partial charge >= 0.3 is 5.97 Å². The summed E-state index contributed by atoms with van der Waals surface area (Å²) in [5.41, 5.74) is 2.35. The number of hydrogen-bond donors (Lipinski definition) is 0. The summed E-state index contributed by atoms with van der Waals surface area (Å²) in [6.45, 7) is 3.93. The highest BCUT2D eigenvalue weighted by atomic mass is 32.2. The van der Waals surface area contributed by atoms with E-state index < -0.39 is 5.97 Å². The number of carbonyl (C=O) groups is 1.